The molecular weight excluding hydrogens is 307 g/mol. The van der Waals surface area contributed by atoms with Crippen molar-refractivity contribution >= 4 is 10.0 Å². The van der Waals surface area contributed by atoms with E-state index in [4.69, 9.17) is 5.11 Å². The molecule has 118 valence electrons. The second-order valence-corrected chi connectivity index (χ2v) is 7.01. The van der Waals surface area contributed by atoms with Gasteiger partial charge in [-0.1, -0.05) is 12.1 Å². The number of alkyl halides is 3. The number of nitrogens with zero attached hydrogens (tertiary/aromatic N) is 1. The molecule has 21 heavy (non-hydrogen) atoms. The van der Waals surface area contributed by atoms with Crippen molar-refractivity contribution < 1.29 is 26.7 Å². The number of hydrogen-bond acceptors (Lipinski definition) is 3. The zero-order valence-electron chi connectivity index (χ0n) is 11.4. The molecule has 0 atom stereocenters. The van der Waals surface area contributed by atoms with Crippen LogP contribution in [0.4, 0.5) is 13.2 Å². The van der Waals surface area contributed by atoms with Gasteiger partial charge in [0.2, 0.25) is 10.0 Å². The maximum absolute atomic E-state index is 12.6. The van der Waals surface area contributed by atoms with E-state index in [1.807, 2.05) is 0 Å². The number of aryl methyl sites for hydroxylation is 1. The Balaban J connectivity index is 2.43. The van der Waals surface area contributed by atoms with E-state index in [0.29, 0.717) is 28.3 Å². The minimum Gasteiger partial charge on any atom is -0.392 e. The molecule has 0 aromatic heterocycles. The summed E-state index contributed by atoms with van der Waals surface area (Å²) in [6.07, 6.45) is -3.71. The molecule has 0 amide bonds. The first kappa shape index (κ1) is 16.3. The number of hydrogen-bond donors (Lipinski definition) is 1. The second kappa shape index (κ2) is 5.58. The Morgan fingerprint density at radius 3 is 2.43 bits per heavy atom. The Hall–Kier alpha value is -1.12. The van der Waals surface area contributed by atoms with E-state index in [2.05, 4.69) is 0 Å². The van der Waals surface area contributed by atoms with Gasteiger partial charge in [0.15, 0.2) is 0 Å². The maximum Gasteiger partial charge on any atom is 0.402 e. The van der Waals surface area contributed by atoms with Gasteiger partial charge in [-0.2, -0.15) is 17.5 Å². The molecule has 1 saturated carbocycles. The summed E-state index contributed by atoms with van der Waals surface area (Å²) in [4.78, 5) is -0.176. The van der Waals surface area contributed by atoms with Crippen molar-refractivity contribution in [3.63, 3.8) is 0 Å². The van der Waals surface area contributed by atoms with Gasteiger partial charge >= 0.3 is 6.18 Å². The average molecular weight is 323 g/mol. The third kappa shape index (κ3) is 3.75. The Bertz CT molecular complexity index is 624. The third-order valence-corrected chi connectivity index (χ3v) is 5.35. The molecule has 1 fully saturated rings. The summed E-state index contributed by atoms with van der Waals surface area (Å²) in [6.45, 7) is -0.332. The highest BCUT2D eigenvalue weighted by atomic mass is 32.2. The topological polar surface area (TPSA) is 57.6 Å². The Morgan fingerprint density at radius 1 is 1.33 bits per heavy atom. The highest BCUT2D eigenvalue weighted by molar-refractivity contribution is 7.89. The molecule has 1 aliphatic carbocycles. The van der Waals surface area contributed by atoms with Gasteiger partial charge in [0.25, 0.3) is 0 Å². The molecule has 8 heteroatoms. The van der Waals surface area contributed by atoms with Gasteiger partial charge in [-0.15, -0.1) is 0 Å². The number of aliphatic hydroxyl groups is 1. The van der Waals surface area contributed by atoms with Crippen molar-refractivity contribution in [3.8, 4) is 0 Å². The van der Waals surface area contributed by atoms with Gasteiger partial charge in [-0.25, -0.2) is 8.42 Å². The van der Waals surface area contributed by atoms with Crippen LogP contribution in [0.1, 0.15) is 24.0 Å². The maximum atomic E-state index is 12.6. The normalized spacial score (nSPS) is 16.5. The lowest BCUT2D eigenvalue weighted by atomic mass is 10.2. The van der Waals surface area contributed by atoms with Crippen molar-refractivity contribution in [2.45, 2.75) is 43.5 Å². The highest BCUT2D eigenvalue weighted by Gasteiger charge is 2.45. The van der Waals surface area contributed by atoms with Crippen LogP contribution in [0, 0.1) is 6.92 Å². The number of sulfonamides is 1. The third-order valence-electron chi connectivity index (χ3n) is 3.31. The Morgan fingerprint density at radius 2 is 1.95 bits per heavy atom. The molecule has 0 saturated heterocycles. The zero-order chi connectivity index (χ0) is 15.8. The van der Waals surface area contributed by atoms with Gasteiger partial charge in [-0.05, 0) is 37.0 Å². The van der Waals surface area contributed by atoms with E-state index < -0.39 is 28.8 Å². The van der Waals surface area contributed by atoms with E-state index in [1.165, 1.54) is 19.1 Å². The summed E-state index contributed by atoms with van der Waals surface area (Å²) in [7, 11) is -4.23. The molecule has 0 radical (unpaired) electrons. The summed E-state index contributed by atoms with van der Waals surface area (Å²) in [6, 6.07) is 3.67. The summed E-state index contributed by atoms with van der Waals surface area (Å²) < 4.78 is 63.5. The molecule has 0 bridgehead atoms. The fraction of sp³-hybridized carbons (Fsp3) is 0.538. The number of rotatable bonds is 5. The van der Waals surface area contributed by atoms with Gasteiger partial charge in [0.1, 0.15) is 6.54 Å². The van der Waals surface area contributed by atoms with E-state index in [-0.39, 0.29) is 11.5 Å². The number of benzene rings is 1. The summed E-state index contributed by atoms with van der Waals surface area (Å²) in [5, 5.41) is 9.08. The number of halogens is 3. The van der Waals surface area contributed by atoms with Crippen LogP contribution in [0.5, 0.6) is 0 Å². The van der Waals surface area contributed by atoms with Crippen LogP contribution >= 0.6 is 0 Å². The van der Waals surface area contributed by atoms with Gasteiger partial charge in [-0.3, -0.25) is 0 Å². The van der Waals surface area contributed by atoms with Crippen LogP contribution in [-0.2, 0) is 16.6 Å². The molecule has 0 aliphatic heterocycles. The van der Waals surface area contributed by atoms with Crippen molar-refractivity contribution in [2.24, 2.45) is 0 Å². The van der Waals surface area contributed by atoms with Crippen molar-refractivity contribution in [3.05, 3.63) is 29.3 Å². The summed E-state index contributed by atoms with van der Waals surface area (Å²) in [5.74, 6) is 0. The molecule has 0 spiro atoms. The molecule has 2 rings (SSSR count). The monoisotopic (exact) mass is 323 g/mol. The molecule has 1 aromatic carbocycles. The lowest BCUT2D eigenvalue weighted by Gasteiger charge is -2.24. The number of aliphatic hydroxyl groups excluding tert-OH is 1. The van der Waals surface area contributed by atoms with Crippen LogP contribution in [0.25, 0.3) is 0 Å². The van der Waals surface area contributed by atoms with Crippen LogP contribution in [-0.4, -0.2) is 36.6 Å². The van der Waals surface area contributed by atoms with E-state index in [0.717, 1.165) is 0 Å². The first-order chi connectivity index (χ1) is 9.65. The molecule has 0 heterocycles. The molecule has 0 unspecified atom stereocenters. The molecular formula is C13H16F3NO3S. The predicted molar refractivity (Wildman–Crippen MR) is 70.1 cm³/mol. The zero-order valence-corrected chi connectivity index (χ0v) is 12.2. The highest BCUT2D eigenvalue weighted by Crippen LogP contribution is 2.35. The fourth-order valence-electron chi connectivity index (χ4n) is 2.10. The Kier molecular flexibility index (Phi) is 4.32. The summed E-state index contributed by atoms with van der Waals surface area (Å²) >= 11 is 0. The molecule has 1 N–H and O–H groups in total. The standard InChI is InChI=1S/C13H16F3NO3S/c1-9-2-3-10(7-18)6-12(9)21(19,20)17(11-4-5-11)8-13(14,15)16/h2-3,6,11,18H,4-5,7-8H2,1H3. The van der Waals surface area contributed by atoms with Crippen molar-refractivity contribution in [2.75, 3.05) is 6.54 Å². The fourth-order valence-corrected chi connectivity index (χ4v) is 4.04. The predicted octanol–water partition coefficient (Wildman–Crippen LogP) is 2.20. The minimum atomic E-state index is -4.59. The first-order valence-electron chi connectivity index (χ1n) is 6.44. The van der Waals surface area contributed by atoms with Gasteiger partial charge < -0.3 is 5.11 Å². The molecule has 1 aromatic rings. The second-order valence-electron chi connectivity index (χ2n) is 5.15. The molecule has 1 aliphatic rings. The van der Waals surface area contributed by atoms with Crippen LogP contribution in [0.15, 0.2) is 23.1 Å². The van der Waals surface area contributed by atoms with Crippen LogP contribution in [0.2, 0.25) is 0 Å². The van der Waals surface area contributed by atoms with Crippen LogP contribution < -0.4 is 0 Å². The van der Waals surface area contributed by atoms with E-state index in [9.17, 15) is 21.6 Å². The minimum absolute atomic E-state index is 0.176. The van der Waals surface area contributed by atoms with E-state index >= 15 is 0 Å². The van der Waals surface area contributed by atoms with Crippen LogP contribution in [0.3, 0.4) is 0 Å². The SMILES string of the molecule is Cc1ccc(CO)cc1S(=O)(=O)N(CC(F)(F)F)C1CC1. The van der Waals surface area contributed by atoms with Gasteiger partial charge in [0.05, 0.1) is 11.5 Å². The van der Waals surface area contributed by atoms with E-state index in [1.54, 1.807) is 6.07 Å². The quantitative estimate of drug-likeness (QED) is 0.904. The average Bonchev–Trinajstić information content (AvgIpc) is 3.19. The smallest absolute Gasteiger partial charge is 0.392 e. The Labute approximate surface area is 121 Å². The van der Waals surface area contributed by atoms with Crippen molar-refractivity contribution in [1.82, 2.24) is 4.31 Å². The first-order valence-corrected chi connectivity index (χ1v) is 7.88. The summed E-state index contributed by atoms with van der Waals surface area (Å²) in [5.41, 5.74) is 0.710. The largest absolute Gasteiger partial charge is 0.402 e. The lowest BCUT2D eigenvalue weighted by Crippen LogP contribution is -2.40. The van der Waals surface area contributed by atoms with Crippen molar-refractivity contribution in [1.29, 1.82) is 0 Å². The van der Waals surface area contributed by atoms with Gasteiger partial charge in [0, 0.05) is 6.04 Å². The lowest BCUT2D eigenvalue weighted by molar-refractivity contribution is -0.137. The molecule has 4 nitrogen and oxygen atoms in total.